The zero-order chi connectivity index (χ0) is 12.5. The molecule has 1 aliphatic rings. The molecule has 3 heterocycles. The first-order valence-corrected chi connectivity index (χ1v) is 6.68. The monoisotopic (exact) mass is 245 g/mol. The first-order chi connectivity index (χ1) is 8.77. The lowest BCUT2D eigenvalue weighted by Crippen LogP contribution is -2.19. The number of pyridine rings is 1. The normalized spacial score (nSPS) is 17.7. The summed E-state index contributed by atoms with van der Waals surface area (Å²) in [5, 5.41) is 0. The van der Waals surface area contributed by atoms with E-state index in [0.717, 1.165) is 37.2 Å². The lowest BCUT2D eigenvalue weighted by Gasteiger charge is -2.23. The number of aromatic nitrogens is 3. The third kappa shape index (κ3) is 1.90. The summed E-state index contributed by atoms with van der Waals surface area (Å²) in [6.07, 6.45) is 3.97. The van der Waals surface area contributed by atoms with Gasteiger partial charge in [-0.2, -0.15) is 0 Å². The minimum atomic E-state index is 0.391. The van der Waals surface area contributed by atoms with Crippen molar-refractivity contribution in [2.24, 2.45) is 0 Å². The number of fused-ring (bicyclic) bond motifs is 1. The molecule has 0 atom stereocenters. The molecule has 0 spiro atoms. The molecule has 2 aromatic rings. The molecular weight excluding hydrogens is 226 g/mol. The lowest BCUT2D eigenvalue weighted by molar-refractivity contribution is 0.0827. The van der Waals surface area contributed by atoms with Gasteiger partial charge in [0.25, 0.3) is 0 Å². The number of hydrogen-bond acceptors (Lipinski definition) is 3. The van der Waals surface area contributed by atoms with Crippen molar-refractivity contribution in [1.29, 1.82) is 0 Å². The molecule has 0 amide bonds. The molecule has 1 saturated heterocycles. The molecule has 0 saturated carbocycles. The van der Waals surface area contributed by atoms with Gasteiger partial charge in [-0.15, -0.1) is 0 Å². The van der Waals surface area contributed by atoms with Crippen LogP contribution >= 0.6 is 0 Å². The largest absolute Gasteiger partial charge is 0.381 e. The predicted molar refractivity (Wildman–Crippen MR) is 70.7 cm³/mol. The topological polar surface area (TPSA) is 39.9 Å². The summed E-state index contributed by atoms with van der Waals surface area (Å²) in [5.74, 6) is 1.69. The molecule has 4 heteroatoms. The fraction of sp³-hybridized carbons (Fsp3) is 0.571. The van der Waals surface area contributed by atoms with Gasteiger partial charge in [-0.25, -0.2) is 9.97 Å². The van der Waals surface area contributed by atoms with Crippen molar-refractivity contribution in [3.8, 4) is 0 Å². The van der Waals surface area contributed by atoms with Crippen molar-refractivity contribution in [3.05, 3.63) is 24.2 Å². The zero-order valence-electron chi connectivity index (χ0n) is 11.0. The molecule has 1 aliphatic heterocycles. The zero-order valence-corrected chi connectivity index (χ0v) is 11.0. The fourth-order valence-corrected chi connectivity index (χ4v) is 2.70. The maximum atomic E-state index is 5.44. The van der Waals surface area contributed by atoms with E-state index in [0.29, 0.717) is 12.0 Å². The molecule has 0 bridgehead atoms. The first kappa shape index (κ1) is 11.7. The van der Waals surface area contributed by atoms with Crippen molar-refractivity contribution < 1.29 is 4.74 Å². The smallest absolute Gasteiger partial charge is 0.160 e. The molecule has 4 nitrogen and oxygen atoms in total. The Bertz CT molecular complexity index is 541. The fourth-order valence-electron chi connectivity index (χ4n) is 2.70. The minimum Gasteiger partial charge on any atom is -0.381 e. The average molecular weight is 245 g/mol. The minimum absolute atomic E-state index is 0.391. The maximum Gasteiger partial charge on any atom is 0.160 e. The molecule has 0 aliphatic carbocycles. The van der Waals surface area contributed by atoms with Gasteiger partial charge >= 0.3 is 0 Å². The van der Waals surface area contributed by atoms with Crippen LogP contribution in [0.25, 0.3) is 11.2 Å². The van der Waals surface area contributed by atoms with Gasteiger partial charge in [0.1, 0.15) is 11.3 Å². The van der Waals surface area contributed by atoms with Crippen LogP contribution in [0.15, 0.2) is 18.3 Å². The summed E-state index contributed by atoms with van der Waals surface area (Å²) in [4.78, 5) is 9.29. The van der Waals surface area contributed by atoms with Gasteiger partial charge in [0, 0.05) is 31.4 Å². The highest BCUT2D eigenvalue weighted by Gasteiger charge is 2.24. The molecule has 0 radical (unpaired) electrons. The molecule has 0 N–H and O–H groups in total. The summed E-state index contributed by atoms with van der Waals surface area (Å²) >= 11 is 0. The van der Waals surface area contributed by atoms with E-state index >= 15 is 0 Å². The van der Waals surface area contributed by atoms with E-state index < -0.39 is 0 Å². The van der Waals surface area contributed by atoms with Gasteiger partial charge in [-0.3, -0.25) is 0 Å². The van der Waals surface area contributed by atoms with E-state index in [1.807, 2.05) is 18.3 Å². The van der Waals surface area contributed by atoms with Gasteiger partial charge < -0.3 is 9.30 Å². The molecular formula is C14H19N3O. The van der Waals surface area contributed by atoms with Crippen molar-refractivity contribution in [2.45, 2.75) is 38.6 Å². The Morgan fingerprint density at radius 2 is 2.11 bits per heavy atom. The van der Waals surface area contributed by atoms with Gasteiger partial charge in [-0.1, -0.05) is 0 Å². The van der Waals surface area contributed by atoms with E-state index in [2.05, 4.69) is 23.4 Å². The summed E-state index contributed by atoms with van der Waals surface area (Å²) in [7, 11) is 0. The van der Waals surface area contributed by atoms with E-state index in [1.54, 1.807) is 0 Å². The Balaban J connectivity index is 2.11. The van der Waals surface area contributed by atoms with E-state index in [-0.39, 0.29) is 0 Å². The third-order valence-electron chi connectivity index (χ3n) is 3.58. The Hall–Kier alpha value is -1.42. The Morgan fingerprint density at radius 1 is 1.33 bits per heavy atom. The van der Waals surface area contributed by atoms with Crippen LogP contribution in [0.2, 0.25) is 0 Å². The van der Waals surface area contributed by atoms with Gasteiger partial charge in [-0.05, 0) is 38.8 Å². The predicted octanol–water partition coefficient (Wildman–Crippen LogP) is 2.91. The number of hydrogen-bond donors (Lipinski definition) is 0. The SMILES string of the molecule is CC(C)n1c(C2CCOCC2)nc2cccnc21. The third-order valence-corrected chi connectivity index (χ3v) is 3.58. The Kier molecular flexibility index (Phi) is 3.04. The first-order valence-electron chi connectivity index (χ1n) is 6.68. The number of ether oxygens (including phenoxy) is 1. The van der Waals surface area contributed by atoms with Crippen LogP contribution in [0.4, 0.5) is 0 Å². The highest BCUT2D eigenvalue weighted by molar-refractivity contribution is 5.71. The quantitative estimate of drug-likeness (QED) is 0.816. The van der Waals surface area contributed by atoms with Crippen LogP contribution in [-0.4, -0.2) is 27.7 Å². The van der Waals surface area contributed by atoms with Crippen molar-refractivity contribution in [2.75, 3.05) is 13.2 Å². The Labute approximate surface area is 107 Å². The molecule has 0 unspecified atom stereocenters. The van der Waals surface area contributed by atoms with Crippen LogP contribution in [0.1, 0.15) is 44.5 Å². The summed E-state index contributed by atoms with van der Waals surface area (Å²) < 4.78 is 7.73. The second kappa shape index (κ2) is 4.69. The second-order valence-electron chi connectivity index (χ2n) is 5.17. The van der Waals surface area contributed by atoms with E-state index in [4.69, 9.17) is 9.72 Å². The number of rotatable bonds is 2. The number of nitrogens with zero attached hydrogens (tertiary/aromatic N) is 3. The van der Waals surface area contributed by atoms with Crippen LogP contribution in [0.5, 0.6) is 0 Å². The Morgan fingerprint density at radius 3 is 2.83 bits per heavy atom. The maximum absolute atomic E-state index is 5.44. The molecule has 3 rings (SSSR count). The van der Waals surface area contributed by atoms with E-state index in [9.17, 15) is 0 Å². The standard InChI is InChI=1S/C14H19N3O/c1-10(2)17-13(11-5-8-18-9-6-11)16-12-4-3-7-15-14(12)17/h3-4,7,10-11H,5-6,8-9H2,1-2H3. The molecule has 1 fully saturated rings. The summed E-state index contributed by atoms with van der Waals surface area (Å²) in [5.41, 5.74) is 2.02. The summed E-state index contributed by atoms with van der Waals surface area (Å²) in [6.45, 7) is 6.08. The molecule has 96 valence electrons. The highest BCUT2D eigenvalue weighted by atomic mass is 16.5. The van der Waals surface area contributed by atoms with Crippen molar-refractivity contribution in [3.63, 3.8) is 0 Å². The van der Waals surface area contributed by atoms with Crippen molar-refractivity contribution >= 4 is 11.2 Å². The second-order valence-corrected chi connectivity index (χ2v) is 5.17. The van der Waals surface area contributed by atoms with Crippen LogP contribution in [-0.2, 0) is 4.74 Å². The van der Waals surface area contributed by atoms with Gasteiger partial charge in [0.05, 0.1) is 0 Å². The van der Waals surface area contributed by atoms with Crippen LogP contribution in [0.3, 0.4) is 0 Å². The number of imidazole rings is 1. The van der Waals surface area contributed by atoms with Gasteiger partial charge in [0.2, 0.25) is 0 Å². The van der Waals surface area contributed by atoms with Crippen LogP contribution < -0.4 is 0 Å². The van der Waals surface area contributed by atoms with E-state index in [1.165, 1.54) is 5.82 Å². The lowest BCUT2D eigenvalue weighted by atomic mass is 9.99. The summed E-state index contributed by atoms with van der Waals surface area (Å²) in [6, 6.07) is 4.39. The molecule has 18 heavy (non-hydrogen) atoms. The average Bonchev–Trinajstić information content (AvgIpc) is 2.79. The van der Waals surface area contributed by atoms with Gasteiger partial charge in [0.15, 0.2) is 5.65 Å². The molecule has 0 aromatic carbocycles. The molecule has 2 aromatic heterocycles. The van der Waals surface area contributed by atoms with Crippen molar-refractivity contribution in [1.82, 2.24) is 14.5 Å². The van der Waals surface area contributed by atoms with Crippen LogP contribution in [0, 0.1) is 0 Å². The highest BCUT2D eigenvalue weighted by Crippen LogP contribution is 2.30.